The van der Waals surface area contributed by atoms with Crippen molar-refractivity contribution in [1.29, 1.82) is 0 Å². The van der Waals surface area contributed by atoms with Gasteiger partial charge in [0.15, 0.2) is 5.69 Å². The summed E-state index contributed by atoms with van der Waals surface area (Å²) in [5.74, 6) is 0.591. The second kappa shape index (κ2) is 6.57. The Bertz CT molecular complexity index is 383. The number of hydrogen-bond donors (Lipinski definition) is 1. The number of rotatable bonds is 7. The number of aromatic nitrogens is 1. The quantitative estimate of drug-likeness (QED) is 0.810. The van der Waals surface area contributed by atoms with Crippen molar-refractivity contribution < 1.29 is 9.32 Å². The first-order valence-electron chi connectivity index (χ1n) is 6.72. The summed E-state index contributed by atoms with van der Waals surface area (Å²) < 4.78 is 5.02. The van der Waals surface area contributed by atoms with E-state index in [0.717, 1.165) is 18.6 Å². The van der Waals surface area contributed by atoms with Crippen LogP contribution in [0, 0.1) is 5.41 Å². The third-order valence-corrected chi connectivity index (χ3v) is 3.07. The fraction of sp³-hybridized carbons (Fsp3) is 0.714. The Kier molecular flexibility index (Phi) is 5.38. The minimum absolute atomic E-state index is 0.128. The molecule has 0 aliphatic carbocycles. The van der Waals surface area contributed by atoms with Gasteiger partial charge in [-0.15, -0.1) is 0 Å². The summed E-state index contributed by atoms with van der Waals surface area (Å²) in [6, 6.07) is 1.70. The van der Waals surface area contributed by atoms with Crippen molar-refractivity contribution in [3.8, 4) is 0 Å². The van der Waals surface area contributed by atoms with Gasteiger partial charge in [-0.2, -0.15) is 0 Å². The first-order chi connectivity index (χ1) is 8.48. The van der Waals surface area contributed by atoms with Gasteiger partial charge in [0.1, 0.15) is 5.76 Å². The Morgan fingerprint density at radius 2 is 2.17 bits per heavy atom. The highest BCUT2D eigenvalue weighted by atomic mass is 16.5. The van der Waals surface area contributed by atoms with Gasteiger partial charge in [-0.25, -0.2) is 0 Å². The van der Waals surface area contributed by atoms with Crippen LogP contribution in [0.1, 0.15) is 63.2 Å². The molecule has 102 valence electrons. The van der Waals surface area contributed by atoms with E-state index in [9.17, 15) is 4.79 Å². The molecule has 0 aliphatic heterocycles. The third kappa shape index (κ3) is 4.51. The summed E-state index contributed by atoms with van der Waals surface area (Å²) in [5, 5.41) is 6.69. The lowest BCUT2D eigenvalue weighted by atomic mass is 9.87. The van der Waals surface area contributed by atoms with Crippen LogP contribution in [0.4, 0.5) is 0 Å². The Hall–Kier alpha value is -1.32. The Labute approximate surface area is 109 Å². The van der Waals surface area contributed by atoms with Crippen molar-refractivity contribution in [1.82, 2.24) is 10.5 Å². The van der Waals surface area contributed by atoms with E-state index in [1.54, 1.807) is 6.07 Å². The number of amides is 1. The predicted molar refractivity (Wildman–Crippen MR) is 71.5 cm³/mol. The van der Waals surface area contributed by atoms with E-state index in [1.165, 1.54) is 12.8 Å². The highest BCUT2D eigenvalue weighted by molar-refractivity contribution is 5.92. The van der Waals surface area contributed by atoms with E-state index < -0.39 is 0 Å². The number of unbranched alkanes of at least 4 members (excludes halogenated alkanes) is 1. The molecule has 0 radical (unpaired) electrons. The Morgan fingerprint density at radius 1 is 1.44 bits per heavy atom. The molecule has 1 aromatic rings. The number of carbonyl (C=O) groups is 1. The van der Waals surface area contributed by atoms with Crippen molar-refractivity contribution >= 4 is 5.91 Å². The van der Waals surface area contributed by atoms with Crippen LogP contribution in [0.25, 0.3) is 0 Å². The van der Waals surface area contributed by atoms with Crippen molar-refractivity contribution in [2.24, 2.45) is 5.41 Å². The first-order valence-corrected chi connectivity index (χ1v) is 6.72. The zero-order valence-corrected chi connectivity index (χ0v) is 11.9. The predicted octanol–water partition coefficient (Wildman–Crippen LogP) is 3.18. The molecule has 0 spiro atoms. The zero-order chi connectivity index (χ0) is 13.6. The third-order valence-electron chi connectivity index (χ3n) is 3.07. The summed E-state index contributed by atoms with van der Waals surface area (Å²) in [7, 11) is 0. The topological polar surface area (TPSA) is 55.1 Å². The van der Waals surface area contributed by atoms with Gasteiger partial charge in [0.2, 0.25) is 0 Å². The van der Waals surface area contributed by atoms with E-state index >= 15 is 0 Å². The summed E-state index contributed by atoms with van der Waals surface area (Å²) >= 11 is 0. The molecule has 0 fully saturated rings. The molecule has 4 heteroatoms. The van der Waals surface area contributed by atoms with E-state index in [-0.39, 0.29) is 11.3 Å². The molecule has 1 heterocycles. The second-order valence-corrected chi connectivity index (χ2v) is 5.48. The average molecular weight is 252 g/mol. The summed E-state index contributed by atoms with van der Waals surface area (Å²) in [6.07, 6.45) is 4.23. The fourth-order valence-corrected chi connectivity index (χ4v) is 1.74. The molecule has 0 aliphatic rings. The average Bonchev–Trinajstić information content (AvgIpc) is 2.82. The van der Waals surface area contributed by atoms with Crippen LogP contribution in [0.2, 0.25) is 0 Å². The van der Waals surface area contributed by atoms with Gasteiger partial charge in [-0.05, 0) is 11.8 Å². The SMILES string of the molecule is CCCCC(C)(C)CNC(=O)c1cc(CC)on1. The summed E-state index contributed by atoms with van der Waals surface area (Å²) in [6.45, 7) is 9.15. The number of hydrogen-bond acceptors (Lipinski definition) is 3. The van der Waals surface area contributed by atoms with Crippen LogP contribution in [0.5, 0.6) is 0 Å². The number of carbonyl (C=O) groups excluding carboxylic acids is 1. The monoisotopic (exact) mass is 252 g/mol. The number of nitrogens with one attached hydrogen (secondary N) is 1. The van der Waals surface area contributed by atoms with Gasteiger partial charge >= 0.3 is 0 Å². The van der Waals surface area contributed by atoms with Crippen molar-refractivity contribution in [2.45, 2.75) is 53.4 Å². The molecular formula is C14H24N2O2. The van der Waals surface area contributed by atoms with Crippen LogP contribution in [-0.2, 0) is 6.42 Å². The molecule has 0 saturated carbocycles. The Balaban J connectivity index is 2.45. The van der Waals surface area contributed by atoms with Crippen LogP contribution in [-0.4, -0.2) is 17.6 Å². The van der Waals surface area contributed by atoms with Crippen molar-refractivity contribution in [3.05, 3.63) is 17.5 Å². The highest BCUT2D eigenvalue weighted by Crippen LogP contribution is 2.22. The molecule has 1 rings (SSSR count). The van der Waals surface area contributed by atoms with Gasteiger partial charge in [-0.3, -0.25) is 4.79 Å². The lowest BCUT2D eigenvalue weighted by molar-refractivity contribution is 0.0925. The van der Waals surface area contributed by atoms with E-state index in [2.05, 4.69) is 31.2 Å². The maximum atomic E-state index is 11.9. The molecule has 4 nitrogen and oxygen atoms in total. The van der Waals surface area contributed by atoms with Gasteiger partial charge in [0.05, 0.1) is 0 Å². The molecule has 1 aromatic heterocycles. The smallest absolute Gasteiger partial charge is 0.273 e. The van der Waals surface area contributed by atoms with Gasteiger partial charge in [0.25, 0.3) is 5.91 Å². The number of aryl methyl sites for hydroxylation is 1. The van der Waals surface area contributed by atoms with Gasteiger partial charge in [-0.1, -0.05) is 45.7 Å². The minimum atomic E-state index is -0.150. The van der Waals surface area contributed by atoms with Crippen LogP contribution in [0.15, 0.2) is 10.6 Å². The standard InChI is InChI=1S/C14H24N2O2/c1-5-7-8-14(3,4)10-15-13(17)12-9-11(6-2)18-16-12/h9H,5-8,10H2,1-4H3,(H,15,17). The number of nitrogens with zero attached hydrogens (tertiary/aromatic N) is 1. The molecule has 0 bridgehead atoms. The second-order valence-electron chi connectivity index (χ2n) is 5.48. The summed E-state index contributed by atoms with van der Waals surface area (Å²) in [5.41, 5.74) is 0.501. The molecule has 1 amide bonds. The first kappa shape index (κ1) is 14.7. The fourth-order valence-electron chi connectivity index (χ4n) is 1.74. The largest absolute Gasteiger partial charge is 0.361 e. The highest BCUT2D eigenvalue weighted by Gasteiger charge is 2.19. The maximum Gasteiger partial charge on any atom is 0.273 e. The van der Waals surface area contributed by atoms with E-state index in [0.29, 0.717) is 12.2 Å². The lowest BCUT2D eigenvalue weighted by Crippen LogP contribution is -2.34. The zero-order valence-electron chi connectivity index (χ0n) is 11.9. The molecular weight excluding hydrogens is 228 g/mol. The normalized spacial score (nSPS) is 11.6. The van der Waals surface area contributed by atoms with Crippen molar-refractivity contribution in [3.63, 3.8) is 0 Å². The minimum Gasteiger partial charge on any atom is -0.361 e. The molecule has 1 N–H and O–H groups in total. The van der Waals surface area contributed by atoms with Crippen LogP contribution >= 0.6 is 0 Å². The molecule has 0 atom stereocenters. The van der Waals surface area contributed by atoms with E-state index in [4.69, 9.17) is 4.52 Å². The molecule has 0 unspecified atom stereocenters. The van der Waals surface area contributed by atoms with Crippen LogP contribution < -0.4 is 5.32 Å². The molecule has 0 saturated heterocycles. The van der Waals surface area contributed by atoms with E-state index in [1.807, 2.05) is 6.92 Å². The molecule has 18 heavy (non-hydrogen) atoms. The Morgan fingerprint density at radius 3 is 2.72 bits per heavy atom. The molecule has 0 aromatic carbocycles. The van der Waals surface area contributed by atoms with Gasteiger partial charge < -0.3 is 9.84 Å². The van der Waals surface area contributed by atoms with Crippen LogP contribution in [0.3, 0.4) is 0 Å². The van der Waals surface area contributed by atoms with Crippen molar-refractivity contribution in [2.75, 3.05) is 6.54 Å². The van der Waals surface area contributed by atoms with Gasteiger partial charge in [0, 0.05) is 19.0 Å². The maximum absolute atomic E-state index is 11.9. The summed E-state index contributed by atoms with van der Waals surface area (Å²) in [4.78, 5) is 11.9. The lowest BCUT2D eigenvalue weighted by Gasteiger charge is -2.24.